The number of amides is 1. The molecular formula is C20H30N4O3S. The second kappa shape index (κ2) is 8.61. The normalized spacial score (nSPS) is 18.6. The van der Waals surface area contributed by atoms with Gasteiger partial charge in [-0.25, -0.2) is 17.7 Å². The van der Waals surface area contributed by atoms with E-state index in [4.69, 9.17) is 0 Å². The molecule has 0 saturated carbocycles. The van der Waals surface area contributed by atoms with E-state index in [-0.39, 0.29) is 30.2 Å². The van der Waals surface area contributed by atoms with Gasteiger partial charge in [-0.05, 0) is 45.2 Å². The molecule has 0 radical (unpaired) electrons. The summed E-state index contributed by atoms with van der Waals surface area (Å²) in [7, 11) is -3.27. The third-order valence-corrected chi connectivity index (χ3v) is 7.26. The van der Waals surface area contributed by atoms with Crippen molar-refractivity contribution in [3.05, 3.63) is 30.1 Å². The van der Waals surface area contributed by atoms with Crippen LogP contribution in [0.3, 0.4) is 0 Å². The maximum Gasteiger partial charge on any atom is 0.224 e. The molecule has 1 aromatic heterocycles. The SMILES string of the molecule is CCCS(=O)(=O)N1CCC[C@@H](C(=O)NCc2nc3ccccc3n2C(C)C)C1. The number of para-hydroxylation sites is 2. The predicted octanol–water partition coefficient (Wildman–Crippen LogP) is 2.69. The van der Waals surface area contributed by atoms with E-state index in [9.17, 15) is 13.2 Å². The summed E-state index contributed by atoms with van der Waals surface area (Å²) in [5.41, 5.74) is 1.96. The fourth-order valence-corrected chi connectivity index (χ4v) is 5.49. The molecule has 1 aliphatic heterocycles. The minimum atomic E-state index is -3.27. The molecule has 1 aliphatic rings. The van der Waals surface area contributed by atoms with Crippen LogP contribution in [0.25, 0.3) is 11.0 Å². The van der Waals surface area contributed by atoms with Crippen molar-refractivity contribution in [1.82, 2.24) is 19.2 Å². The zero-order valence-corrected chi connectivity index (χ0v) is 17.7. The minimum absolute atomic E-state index is 0.0984. The first kappa shape index (κ1) is 20.8. The topological polar surface area (TPSA) is 84.3 Å². The van der Waals surface area contributed by atoms with Gasteiger partial charge in [0.15, 0.2) is 0 Å². The van der Waals surface area contributed by atoms with Gasteiger partial charge in [-0.15, -0.1) is 0 Å². The average Bonchev–Trinajstić information content (AvgIpc) is 3.04. The summed E-state index contributed by atoms with van der Waals surface area (Å²) in [6.45, 7) is 7.16. The third kappa shape index (κ3) is 4.38. The van der Waals surface area contributed by atoms with Gasteiger partial charge in [0, 0.05) is 19.1 Å². The second-order valence-electron chi connectivity index (χ2n) is 7.71. The van der Waals surface area contributed by atoms with Crippen LogP contribution < -0.4 is 5.32 Å². The number of hydrogen-bond donors (Lipinski definition) is 1. The van der Waals surface area contributed by atoms with Crippen LogP contribution in [0.4, 0.5) is 0 Å². The number of carbonyl (C=O) groups is 1. The van der Waals surface area contributed by atoms with Gasteiger partial charge in [0.05, 0.1) is 29.2 Å². The molecule has 0 unspecified atom stereocenters. The highest BCUT2D eigenvalue weighted by molar-refractivity contribution is 7.89. The van der Waals surface area contributed by atoms with Crippen molar-refractivity contribution < 1.29 is 13.2 Å². The molecular weight excluding hydrogens is 376 g/mol. The van der Waals surface area contributed by atoms with Gasteiger partial charge in [0.1, 0.15) is 5.82 Å². The number of piperidine rings is 1. The highest BCUT2D eigenvalue weighted by Gasteiger charge is 2.31. The molecule has 2 heterocycles. The first-order valence-corrected chi connectivity index (χ1v) is 11.7. The fraction of sp³-hybridized carbons (Fsp3) is 0.600. The van der Waals surface area contributed by atoms with Gasteiger partial charge in [0.25, 0.3) is 0 Å². The lowest BCUT2D eigenvalue weighted by Crippen LogP contribution is -2.46. The highest BCUT2D eigenvalue weighted by atomic mass is 32.2. The number of rotatable bonds is 7. The number of aromatic nitrogens is 2. The average molecular weight is 407 g/mol. The van der Waals surface area contributed by atoms with Gasteiger partial charge in [-0.2, -0.15) is 0 Å². The Balaban J connectivity index is 1.69. The standard InChI is InChI=1S/C20H30N4O3S/c1-4-12-28(26,27)23-11-7-8-16(14-23)20(25)21-13-19-22-17-9-5-6-10-18(17)24(19)15(2)3/h5-6,9-10,15-16H,4,7-8,11-14H2,1-3H3,(H,21,25)/t16-/m1/s1. The summed E-state index contributed by atoms with van der Waals surface area (Å²) in [5, 5.41) is 2.99. The minimum Gasteiger partial charge on any atom is -0.349 e. The highest BCUT2D eigenvalue weighted by Crippen LogP contribution is 2.22. The van der Waals surface area contributed by atoms with Crippen LogP contribution in [0.15, 0.2) is 24.3 Å². The Morgan fingerprint density at radius 1 is 1.32 bits per heavy atom. The van der Waals surface area contributed by atoms with E-state index in [0.29, 0.717) is 32.4 Å². The van der Waals surface area contributed by atoms with E-state index in [1.165, 1.54) is 4.31 Å². The first-order chi connectivity index (χ1) is 13.3. The van der Waals surface area contributed by atoms with Crippen molar-refractivity contribution in [2.45, 2.75) is 52.6 Å². The molecule has 8 heteroatoms. The van der Waals surface area contributed by atoms with E-state index >= 15 is 0 Å². The number of benzene rings is 1. The number of sulfonamides is 1. The molecule has 7 nitrogen and oxygen atoms in total. The van der Waals surface area contributed by atoms with Gasteiger partial charge in [-0.3, -0.25) is 4.79 Å². The Labute approximate surface area is 167 Å². The van der Waals surface area contributed by atoms with Crippen molar-refractivity contribution in [2.24, 2.45) is 5.92 Å². The van der Waals surface area contributed by atoms with E-state index in [0.717, 1.165) is 16.9 Å². The largest absolute Gasteiger partial charge is 0.349 e. The summed E-state index contributed by atoms with van der Waals surface area (Å²) >= 11 is 0. The van der Waals surface area contributed by atoms with Gasteiger partial charge in [-0.1, -0.05) is 19.1 Å². The van der Waals surface area contributed by atoms with Gasteiger partial charge < -0.3 is 9.88 Å². The monoisotopic (exact) mass is 406 g/mol. The summed E-state index contributed by atoms with van der Waals surface area (Å²) in [6.07, 6.45) is 2.01. The number of imidazole rings is 1. The molecule has 3 rings (SSSR count). The summed E-state index contributed by atoms with van der Waals surface area (Å²) in [6, 6.07) is 8.17. The van der Waals surface area contributed by atoms with E-state index < -0.39 is 10.0 Å². The zero-order valence-electron chi connectivity index (χ0n) is 16.9. The Bertz CT molecular complexity index is 936. The van der Waals surface area contributed by atoms with Gasteiger partial charge >= 0.3 is 0 Å². The van der Waals surface area contributed by atoms with E-state index in [1.807, 2.05) is 31.2 Å². The maximum absolute atomic E-state index is 12.7. The van der Waals surface area contributed by atoms with E-state index in [2.05, 4.69) is 28.7 Å². The van der Waals surface area contributed by atoms with Crippen LogP contribution >= 0.6 is 0 Å². The number of nitrogens with one attached hydrogen (secondary N) is 1. The number of nitrogens with zero attached hydrogens (tertiary/aromatic N) is 3. The van der Waals surface area contributed by atoms with Crippen molar-refractivity contribution in [1.29, 1.82) is 0 Å². The lowest BCUT2D eigenvalue weighted by molar-refractivity contribution is -0.126. The van der Waals surface area contributed by atoms with Crippen molar-refractivity contribution in [3.63, 3.8) is 0 Å². The summed E-state index contributed by atoms with van der Waals surface area (Å²) in [5.74, 6) is 0.548. The van der Waals surface area contributed by atoms with Crippen molar-refractivity contribution in [3.8, 4) is 0 Å². The molecule has 0 aliphatic carbocycles. The fourth-order valence-electron chi connectivity index (χ4n) is 3.90. The quantitative estimate of drug-likeness (QED) is 0.766. The smallest absolute Gasteiger partial charge is 0.224 e. The van der Waals surface area contributed by atoms with Crippen molar-refractivity contribution in [2.75, 3.05) is 18.8 Å². The Morgan fingerprint density at radius 2 is 2.07 bits per heavy atom. The summed E-state index contributed by atoms with van der Waals surface area (Å²) < 4.78 is 28.3. The number of hydrogen-bond acceptors (Lipinski definition) is 4. The Morgan fingerprint density at radius 3 is 2.79 bits per heavy atom. The third-order valence-electron chi connectivity index (χ3n) is 5.22. The van der Waals surface area contributed by atoms with Crippen LogP contribution in [0.2, 0.25) is 0 Å². The molecule has 0 spiro atoms. The number of carbonyl (C=O) groups excluding carboxylic acids is 1. The molecule has 1 N–H and O–H groups in total. The molecule has 1 aromatic carbocycles. The number of fused-ring (bicyclic) bond motifs is 1. The lowest BCUT2D eigenvalue weighted by Gasteiger charge is -2.31. The van der Waals surface area contributed by atoms with E-state index in [1.54, 1.807) is 0 Å². The molecule has 1 atom stereocenters. The predicted molar refractivity (Wildman–Crippen MR) is 110 cm³/mol. The van der Waals surface area contributed by atoms with Crippen LogP contribution in [0.5, 0.6) is 0 Å². The molecule has 1 fully saturated rings. The molecule has 2 aromatic rings. The molecule has 1 amide bonds. The molecule has 28 heavy (non-hydrogen) atoms. The summed E-state index contributed by atoms with van der Waals surface area (Å²) in [4.78, 5) is 17.4. The molecule has 1 saturated heterocycles. The van der Waals surface area contributed by atoms with Crippen LogP contribution in [0.1, 0.15) is 51.9 Å². The zero-order chi connectivity index (χ0) is 20.3. The molecule has 154 valence electrons. The maximum atomic E-state index is 12.7. The van der Waals surface area contributed by atoms with Crippen LogP contribution in [-0.2, 0) is 21.4 Å². The van der Waals surface area contributed by atoms with Gasteiger partial charge in [0.2, 0.25) is 15.9 Å². The van der Waals surface area contributed by atoms with Crippen molar-refractivity contribution >= 4 is 27.0 Å². The van der Waals surface area contributed by atoms with Crippen LogP contribution in [-0.4, -0.2) is 47.0 Å². The molecule has 0 bridgehead atoms. The van der Waals surface area contributed by atoms with Crippen LogP contribution in [0, 0.1) is 5.92 Å². The Hall–Kier alpha value is -1.93. The second-order valence-corrected chi connectivity index (χ2v) is 9.80. The first-order valence-electron chi connectivity index (χ1n) is 10.0. The lowest BCUT2D eigenvalue weighted by atomic mass is 9.99. The Kier molecular flexibility index (Phi) is 6.40.